The lowest BCUT2D eigenvalue weighted by atomic mass is 10.2. The number of carbonyl (C=O) groups excluding carboxylic acids is 1. The van der Waals surface area contributed by atoms with Crippen LogP contribution in [-0.4, -0.2) is 54.5 Å². The number of amides is 1. The van der Waals surface area contributed by atoms with Crippen LogP contribution < -0.4 is 10.5 Å². The number of piperazine rings is 1. The molecule has 20 heavy (non-hydrogen) atoms. The van der Waals surface area contributed by atoms with Crippen molar-refractivity contribution in [2.45, 2.75) is 6.92 Å². The Balaban J connectivity index is 1.80. The molecule has 0 radical (unpaired) electrons. The second-order valence-corrected chi connectivity index (χ2v) is 4.86. The maximum atomic E-state index is 12.0. The van der Waals surface area contributed by atoms with E-state index in [2.05, 4.69) is 0 Å². The summed E-state index contributed by atoms with van der Waals surface area (Å²) in [6, 6.07) is 7.63. The topological polar surface area (TPSA) is 82.7 Å². The molecule has 6 heteroatoms. The molecular weight excluding hydrogens is 256 g/mol. The quantitative estimate of drug-likeness (QED) is 0.619. The zero-order valence-corrected chi connectivity index (χ0v) is 11.6. The maximum Gasteiger partial charge on any atom is 0.260 e. The van der Waals surface area contributed by atoms with Crippen LogP contribution >= 0.6 is 0 Å². The van der Waals surface area contributed by atoms with Gasteiger partial charge in [-0.1, -0.05) is 12.1 Å². The van der Waals surface area contributed by atoms with Crippen LogP contribution in [0.25, 0.3) is 0 Å². The lowest BCUT2D eigenvalue weighted by Crippen LogP contribution is -2.53. The smallest absolute Gasteiger partial charge is 0.260 e. The van der Waals surface area contributed by atoms with Gasteiger partial charge in [-0.25, -0.2) is 0 Å². The van der Waals surface area contributed by atoms with E-state index in [-0.39, 0.29) is 18.5 Å². The molecule has 1 fully saturated rings. The van der Waals surface area contributed by atoms with Crippen molar-refractivity contribution in [3.05, 3.63) is 29.8 Å². The number of nitrogens with two attached hydrogens (primary N) is 1. The Labute approximate surface area is 118 Å². The van der Waals surface area contributed by atoms with E-state index in [9.17, 15) is 4.79 Å². The van der Waals surface area contributed by atoms with E-state index in [1.54, 1.807) is 9.80 Å². The van der Waals surface area contributed by atoms with Crippen LogP contribution in [0.4, 0.5) is 0 Å². The number of hydrogen-bond acceptors (Lipinski definition) is 3. The highest BCUT2D eigenvalue weighted by Gasteiger charge is 2.21. The molecule has 1 amide bonds. The third-order valence-corrected chi connectivity index (χ3v) is 3.32. The highest BCUT2D eigenvalue weighted by Crippen LogP contribution is 2.12. The number of nitrogens with one attached hydrogen (secondary N) is 1. The minimum absolute atomic E-state index is 0.0327. The summed E-state index contributed by atoms with van der Waals surface area (Å²) in [5.74, 6) is 0.739. The van der Waals surface area contributed by atoms with E-state index in [4.69, 9.17) is 15.9 Å². The molecule has 1 aromatic carbocycles. The molecule has 1 aliphatic rings. The zero-order chi connectivity index (χ0) is 14.5. The zero-order valence-electron chi connectivity index (χ0n) is 11.6. The molecule has 1 saturated heterocycles. The molecule has 108 valence electrons. The number of carbonyl (C=O) groups is 1. The number of benzene rings is 1. The SMILES string of the molecule is Cc1cccc(OCC(=O)N2CCN(C(=N)N)CC2)c1. The van der Waals surface area contributed by atoms with Gasteiger partial charge in [0.1, 0.15) is 5.75 Å². The van der Waals surface area contributed by atoms with Gasteiger partial charge < -0.3 is 20.3 Å². The molecule has 1 aliphatic heterocycles. The van der Waals surface area contributed by atoms with Crippen molar-refractivity contribution in [1.82, 2.24) is 9.80 Å². The van der Waals surface area contributed by atoms with E-state index in [1.165, 1.54) is 0 Å². The predicted molar refractivity (Wildman–Crippen MR) is 76.7 cm³/mol. The predicted octanol–water partition coefficient (Wildman–Crippen LogP) is 0.411. The summed E-state index contributed by atoms with van der Waals surface area (Å²) in [5, 5.41) is 7.35. The average Bonchev–Trinajstić information content (AvgIpc) is 2.45. The van der Waals surface area contributed by atoms with E-state index in [0.29, 0.717) is 31.9 Å². The van der Waals surface area contributed by atoms with Gasteiger partial charge in [-0.15, -0.1) is 0 Å². The summed E-state index contributed by atoms with van der Waals surface area (Å²) in [7, 11) is 0. The van der Waals surface area contributed by atoms with Gasteiger partial charge in [0.05, 0.1) is 0 Å². The first-order chi connectivity index (χ1) is 9.56. The summed E-state index contributed by atoms with van der Waals surface area (Å²) in [4.78, 5) is 15.5. The molecule has 3 N–H and O–H groups in total. The van der Waals surface area contributed by atoms with E-state index < -0.39 is 0 Å². The van der Waals surface area contributed by atoms with Crippen molar-refractivity contribution in [1.29, 1.82) is 5.41 Å². The molecule has 1 aromatic rings. The van der Waals surface area contributed by atoms with E-state index in [1.807, 2.05) is 31.2 Å². The monoisotopic (exact) mass is 276 g/mol. The van der Waals surface area contributed by atoms with Crippen molar-refractivity contribution < 1.29 is 9.53 Å². The van der Waals surface area contributed by atoms with Gasteiger partial charge in [-0.3, -0.25) is 10.2 Å². The summed E-state index contributed by atoms with van der Waals surface area (Å²) in [6.07, 6.45) is 0. The Morgan fingerprint density at radius 3 is 2.55 bits per heavy atom. The second-order valence-electron chi connectivity index (χ2n) is 4.86. The molecule has 0 atom stereocenters. The molecule has 6 nitrogen and oxygen atoms in total. The van der Waals surface area contributed by atoms with E-state index in [0.717, 1.165) is 5.56 Å². The Bertz CT molecular complexity index is 496. The Hall–Kier alpha value is -2.24. The van der Waals surface area contributed by atoms with Crippen LogP contribution in [0.2, 0.25) is 0 Å². The fourth-order valence-corrected chi connectivity index (χ4v) is 2.14. The lowest BCUT2D eigenvalue weighted by molar-refractivity contribution is -0.134. The van der Waals surface area contributed by atoms with Crippen LogP contribution in [-0.2, 0) is 4.79 Å². The molecule has 0 spiro atoms. The Morgan fingerprint density at radius 2 is 1.95 bits per heavy atom. The molecule has 0 unspecified atom stereocenters. The number of aryl methyl sites for hydroxylation is 1. The molecular formula is C14H20N4O2. The fourth-order valence-electron chi connectivity index (χ4n) is 2.14. The van der Waals surface area contributed by atoms with Crippen LogP contribution in [0.1, 0.15) is 5.56 Å². The normalized spacial score (nSPS) is 15.1. The summed E-state index contributed by atoms with van der Waals surface area (Å²) < 4.78 is 5.50. The molecule has 0 saturated carbocycles. The first kappa shape index (κ1) is 14.2. The van der Waals surface area contributed by atoms with Crippen molar-refractivity contribution in [3.63, 3.8) is 0 Å². The van der Waals surface area contributed by atoms with Gasteiger partial charge in [0, 0.05) is 26.2 Å². The highest BCUT2D eigenvalue weighted by atomic mass is 16.5. The lowest BCUT2D eigenvalue weighted by Gasteiger charge is -2.34. The standard InChI is InChI=1S/C14H20N4O2/c1-11-3-2-4-12(9-11)20-10-13(19)17-5-7-18(8-6-17)14(15)16/h2-4,9H,5-8,10H2,1H3,(H3,15,16). The molecule has 0 aromatic heterocycles. The van der Waals surface area contributed by atoms with Crippen molar-refractivity contribution in [3.8, 4) is 5.75 Å². The van der Waals surface area contributed by atoms with Gasteiger partial charge in [0.2, 0.25) is 0 Å². The minimum atomic E-state index is -0.0327. The van der Waals surface area contributed by atoms with Gasteiger partial charge in [-0.05, 0) is 24.6 Å². The summed E-state index contributed by atoms with van der Waals surface area (Å²) >= 11 is 0. The number of ether oxygens (including phenoxy) is 1. The largest absolute Gasteiger partial charge is 0.484 e. The van der Waals surface area contributed by atoms with Gasteiger partial charge in [0.25, 0.3) is 5.91 Å². The summed E-state index contributed by atoms with van der Waals surface area (Å²) in [6.45, 7) is 4.39. The molecule has 0 bridgehead atoms. The first-order valence-electron chi connectivity index (χ1n) is 6.62. The average molecular weight is 276 g/mol. The van der Waals surface area contributed by atoms with Gasteiger partial charge in [0.15, 0.2) is 12.6 Å². The minimum Gasteiger partial charge on any atom is -0.484 e. The first-order valence-corrected chi connectivity index (χ1v) is 6.62. The van der Waals surface area contributed by atoms with Crippen molar-refractivity contribution in [2.75, 3.05) is 32.8 Å². The third kappa shape index (κ3) is 3.63. The van der Waals surface area contributed by atoms with Gasteiger partial charge >= 0.3 is 0 Å². The number of hydrogen-bond donors (Lipinski definition) is 2. The highest BCUT2D eigenvalue weighted by molar-refractivity contribution is 5.79. The maximum absolute atomic E-state index is 12.0. The van der Waals surface area contributed by atoms with Gasteiger partial charge in [-0.2, -0.15) is 0 Å². The Kier molecular flexibility index (Phi) is 4.45. The number of rotatable bonds is 3. The fraction of sp³-hybridized carbons (Fsp3) is 0.429. The summed E-state index contributed by atoms with van der Waals surface area (Å²) in [5.41, 5.74) is 6.52. The Morgan fingerprint density at radius 1 is 1.30 bits per heavy atom. The molecule has 0 aliphatic carbocycles. The van der Waals surface area contributed by atoms with Crippen LogP contribution in [0, 0.1) is 12.3 Å². The molecule has 1 heterocycles. The number of nitrogens with zero attached hydrogens (tertiary/aromatic N) is 2. The second kappa shape index (κ2) is 6.27. The molecule has 2 rings (SSSR count). The van der Waals surface area contributed by atoms with Crippen LogP contribution in [0.15, 0.2) is 24.3 Å². The van der Waals surface area contributed by atoms with Crippen molar-refractivity contribution >= 4 is 11.9 Å². The van der Waals surface area contributed by atoms with E-state index >= 15 is 0 Å². The third-order valence-electron chi connectivity index (χ3n) is 3.32. The van der Waals surface area contributed by atoms with Crippen LogP contribution in [0.3, 0.4) is 0 Å². The number of guanidine groups is 1. The van der Waals surface area contributed by atoms with Crippen molar-refractivity contribution in [2.24, 2.45) is 5.73 Å². The van der Waals surface area contributed by atoms with Crippen LogP contribution in [0.5, 0.6) is 5.75 Å².